The van der Waals surface area contributed by atoms with Crippen LogP contribution in [0.2, 0.25) is 0 Å². The summed E-state index contributed by atoms with van der Waals surface area (Å²) >= 11 is 0. The third-order valence-corrected chi connectivity index (χ3v) is 8.65. The van der Waals surface area contributed by atoms with E-state index >= 15 is 0 Å². The fourth-order valence-electron chi connectivity index (χ4n) is 5.12. The Balaban J connectivity index is 1.51. The normalized spacial score (nSPS) is 11.8. The lowest BCUT2D eigenvalue weighted by atomic mass is 9.95. The zero-order valence-corrected chi connectivity index (χ0v) is 25.1. The number of hydrogen-bond donors (Lipinski definition) is 2. The molecule has 0 amide bonds. The number of benzene rings is 4. The van der Waals surface area contributed by atoms with E-state index in [0.717, 1.165) is 5.56 Å². The fourth-order valence-corrected chi connectivity index (χ4v) is 6.13. The number of hydrogen-bond acceptors (Lipinski definition) is 8. The van der Waals surface area contributed by atoms with E-state index in [2.05, 4.69) is 14.9 Å². The SMILES string of the molecule is COc1ccc(/C(=N\O)c2ccccc2-c2nc3ccccc3c(=O)n2-c2ccc(S(=O)(=O)Nc3ccccn3)cc2)cc1C. The molecule has 0 aliphatic carbocycles. The number of fused-ring (bicyclic) bond motifs is 1. The molecule has 2 heterocycles. The highest BCUT2D eigenvalue weighted by molar-refractivity contribution is 7.92. The number of nitrogens with zero attached hydrogens (tertiary/aromatic N) is 4. The van der Waals surface area contributed by atoms with Crippen molar-refractivity contribution >= 4 is 32.5 Å². The molecule has 0 bridgehead atoms. The Morgan fingerprint density at radius 3 is 2.36 bits per heavy atom. The van der Waals surface area contributed by atoms with Gasteiger partial charge in [0.15, 0.2) is 0 Å². The fraction of sp³-hybridized carbons (Fsp3) is 0.0588. The van der Waals surface area contributed by atoms with Crippen LogP contribution in [0, 0.1) is 6.92 Å². The predicted molar refractivity (Wildman–Crippen MR) is 173 cm³/mol. The van der Waals surface area contributed by atoms with E-state index in [1.807, 2.05) is 13.0 Å². The van der Waals surface area contributed by atoms with E-state index in [1.165, 1.54) is 22.9 Å². The maximum atomic E-state index is 14.1. The number of oxime groups is 1. The average Bonchev–Trinajstić information content (AvgIpc) is 3.06. The molecule has 10 nitrogen and oxygen atoms in total. The number of methoxy groups -OCH3 is 1. The van der Waals surface area contributed by atoms with Crippen molar-refractivity contribution in [1.82, 2.24) is 14.5 Å². The minimum atomic E-state index is -3.95. The second-order valence-electron chi connectivity index (χ2n) is 10.1. The number of sulfonamides is 1. The molecule has 2 N–H and O–H groups in total. The number of pyridine rings is 1. The Labute approximate surface area is 259 Å². The number of para-hydroxylation sites is 1. The predicted octanol–water partition coefficient (Wildman–Crippen LogP) is 5.79. The van der Waals surface area contributed by atoms with Crippen LogP contribution in [0.4, 0.5) is 5.82 Å². The van der Waals surface area contributed by atoms with Crippen molar-refractivity contribution in [3.05, 3.63) is 142 Å². The first-order valence-electron chi connectivity index (χ1n) is 13.8. The van der Waals surface area contributed by atoms with Crippen LogP contribution in [0.15, 0.2) is 130 Å². The molecule has 2 aromatic heterocycles. The van der Waals surface area contributed by atoms with E-state index in [1.54, 1.807) is 98.1 Å². The zero-order chi connectivity index (χ0) is 31.6. The molecule has 0 aliphatic heterocycles. The highest BCUT2D eigenvalue weighted by Crippen LogP contribution is 2.29. The Morgan fingerprint density at radius 1 is 0.911 bits per heavy atom. The summed E-state index contributed by atoms with van der Waals surface area (Å²) in [7, 11) is -2.36. The van der Waals surface area contributed by atoms with Crippen molar-refractivity contribution < 1.29 is 18.4 Å². The van der Waals surface area contributed by atoms with Crippen molar-refractivity contribution in [2.45, 2.75) is 11.8 Å². The van der Waals surface area contributed by atoms with Crippen LogP contribution in [-0.4, -0.2) is 41.0 Å². The summed E-state index contributed by atoms with van der Waals surface area (Å²) in [6, 6.07) is 30.4. The third-order valence-electron chi connectivity index (χ3n) is 7.28. The zero-order valence-electron chi connectivity index (χ0n) is 24.2. The van der Waals surface area contributed by atoms with Crippen LogP contribution in [0.1, 0.15) is 16.7 Å². The monoisotopic (exact) mass is 617 g/mol. The van der Waals surface area contributed by atoms with Gasteiger partial charge in [-0.2, -0.15) is 0 Å². The second-order valence-corrected chi connectivity index (χ2v) is 11.8. The van der Waals surface area contributed by atoms with E-state index in [9.17, 15) is 18.4 Å². The lowest BCUT2D eigenvalue weighted by Gasteiger charge is -2.18. The lowest BCUT2D eigenvalue weighted by Crippen LogP contribution is -2.23. The maximum absolute atomic E-state index is 14.1. The van der Waals surface area contributed by atoms with Gasteiger partial charge >= 0.3 is 0 Å². The maximum Gasteiger partial charge on any atom is 0.266 e. The largest absolute Gasteiger partial charge is 0.496 e. The van der Waals surface area contributed by atoms with Gasteiger partial charge in [-0.1, -0.05) is 47.6 Å². The minimum Gasteiger partial charge on any atom is -0.496 e. The summed E-state index contributed by atoms with van der Waals surface area (Å²) < 4.78 is 35.4. The van der Waals surface area contributed by atoms with Gasteiger partial charge < -0.3 is 9.94 Å². The topological polar surface area (TPSA) is 136 Å². The molecule has 0 aliphatic rings. The molecule has 0 saturated heterocycles. The molecule has 45 heavy (non-hydrogen) atoms. The Hall–Kier alpha value is -5.81. The van der Waals surface area contributed by atoms with Gasteiger partial charge in [-0.05, 0) is 79.2 Å². The number of ether oxygens (including phenoxy) is 1. The number of anilines is 1. The van der Waals surface area contributed by atoms with E-state index in [4.69, 9.17) is 9.72 Å². The van der Waals surface area contributed by atoms with Crippen molar-refractivity contribution in [2.24, 2.45) is 5.16 Å². The van der Waals surface area contributed by atoms with E-state index < -0.39 is 10.0 Å². The highest BCUT2D eigenvalue weighted by Gasteiger charge is 2.22. The van der Waals surface area contributed by atoms with E-state index in [-0.39, 0.29) is 27.8 Å². The van der Waals surface area contributed by atoms with Crippen LogP contribution >= 0.6 is 0 Å². The van der Waals surface area contributed by atoms with Gasteiger partial charge in [0.05, 0.1) is 28.6 Å². The molecule has 0 atom stereocenters. The molecule has 4 aromatic carbocycles. The highest BCUT2D eigenvalue weighted by atomic mass is 32.2. The molecule has 11 heteroatoms. The summed E-state index contributed by atoms with van der Waals surface area (Å²) in [6.07, 6.45) is 1.49. The summed E-state index contributed by atoms with van der Waals surface area (Å²) in [5, 5.41) is 14.3. The number of nitrogens with one attached hydrogen (secondary N) is 1. The van der Waals surface area contributed by atoms with Crippen LogP contribution in [-0.2, 0) is 10.0 Å². The summed E-state index contributed by atoms with van der Waals surface area (Å²) in [5.41, 5.74) is 3.32. The molecule has 0 unspecified atom stereocenters. The van der Waals surface area contributed by atoms with Gasteiger partial charge in [0.2, 0.25) is 0 Å². The van der Waals surface area contributed by atoms with Crippen molar-refractivity contribution in [3.63, 3.8) is 0 Å². The molecule has 0 radical (unpaired) electrons. The van der Waals surface area contributed by atoms with Crippen LogP contribution < -0.4 is 15.0 Å². The van der Waals surface area contributed by atoms with Crippen molar-refractivity contribution in [2.75, 3.05) is 11.8 Å². The molecule has 0 saturated carbocycles. The van der Waals surface area contributed by atoms with Crippen molar-refractivity contribution in [1.29, 1.82) is 0 Å². The molecule has 0 spiro atoms. The van der Waals surface area contributed by atoms with Crippen LogP contribution in [0.3, 0.4) is 0 Å². The van der Waals surface area contributed by atoms with Gasteiger partial charge in [0, 0.05) is 22.9 Å². The number of rotatable bonds is 8. The first-order valence-corrected chi connectivity index (χ1v) is 15.3. The van der Waals surface area contributed by atoms with E-state index in [0.29, 0.717) is 39.0 Å². The number of aryl methyl sites for hydroxylation is 1. The smallest absolute Gasteiger partial charge is 0.266 e. The van der Waals surface area contributed by atoms with Crippen molar-refractivity contribution in [3.8, 4) is 22.8 Å². The standard InChI is InChI=1S/C34H27N5O5S/c1-22-21-23(14-19-30(22)44-2)32(37-41)26-9-3-4-10-27(26)33-36-29-12-6-5-11-28(29)34(40)39(33)24-15-17-25(18-16-24)45(42,43)38-31-13-7-8-20-35-31/h3-21,41H,1-2H3,(H,35,38)/b37-32+. The average molecular weight is 618 g/mol. The van der Waals surface area contributed by atoms with Crippen LogP contribution in [0.5, 0.6) is 5.75 Å². The lowest BCUT2D eigenvalue weighted by molar-refractivity contribution is 0.319. The quantitative estimate of drug-likeness (QED) is 0.125. The third kappa shape index (κ3) is 5.64. The first kappa shape index (κ1) is 29.3. The summed E-state index contributed by atoms with van der Waals surface area (Å²) in [4.78, 5) is 23.0. The van der Waals surface area contributed by atoms with Gasteiger partial charge in [-0.3, -0.25) is 14.1 Å². The molecule has 6 aromatic rings. The second kappa shape index (κ2) is 12.1. The van der Waals surface area contributed by atoms with Gasteiger partial charge in [0.25, 0.3) is 15.6 Å². The molecule has 0 fully saturated rings. The molecule has 224 valence electrons. The Kier molecular flexibility index (Phi) is 7.84. The molecule has 6 rings (SSSR count). The minimum absolute atomic E-state index is 0.00905. The van der Waals surface area contributed by atoms with Gasteiger partial charge in [-0.15, -0.1) is 0 Å². The number of aromatic nitrogens is 3. The first-order chi connectivity index (χ1) is 21.8. The molecular weight excluding hydrogens is 590 g/mol. The van der Waals surface area contributed by atoms with Gasteiger partial charge in [0.1, 0.15) is 23.1 Å². The summed E-state index contributed by atoms with van der Waals surface area (Å²) in [5.74, 6) is 1.15. The van der Waals surface area contributed by atoms with Crippen LogP contribution in [0.25, 0.3) is 28.0 Å². The van der Waals surface area contributed by atoms with Gasteiger partial charge in [-0.25, -0.2) is 18.4 Å². The Bertz CT molecular complexity index is 2230. The Morgan fingerprint density at radius 2 is 1.64 bits per heavy atom. The molecular formula is C34H27N5O5S. The summed E-state index contributed by atoms with van der Waals surface area (Å²) in [6.45, 7) is 1.89.